The van der Waals surface area contributed by atoms with Gasteiger partial charge in [-0.25, -0.2) is 0 Å². The smallest absolute Gasteiger partial charge is 1.00 e. The first-order valence-electron chi connectivity index (χ1n) is 21.3. The van der Waals surface area contributed by atoms with Gasteiger partial charge in [0.05, 0.1) is 0 Å². The molecule has 303 valence electrons. The molecule has 2 fully saturated rings. The van der Waals surface area contributed by atoms with E-state index in [0.717, 1.165) is 6.42 Å². The van der Waals surface area contributed by atoms with Crippen LogP contribution in [-0.2, 0) is 24.7 Å². The summed E-state index contributed by atoms with van der Waals surface area (Å²) in [6.07, 6.45) is 29.1. The van der Waals surface area contributed by atoms with Gasteiger partial charge in [0.15, 0.2) is 0 Å². The van der Waals surface area contributed by atoms with E-state index >= 15 is 0 Å². The maximum atomic E-state index is 2.78. The number of halogens is 2. The van der Waals surface area contributed by atoms with Crippen LogP contribution < -0.4 is 24.8 Å². The van der Waals surface area contributed by atoms with Gasteiger partial charge in [-0.05, 0) is 0 Å². The summed E-state index contributed by atoms with van der Waals surface area (Å²) in [6, 6.07) is 18.7. The van der Waals surface area contributed by atoms with Crippen LogP contribution >= 0.6 is 0 Å². The van der Waals surface area contributed by atoms with Crippen molar-refractivity contribution >= 4 is 5.57 Å². The molecule has 9 unspecified atom stereocenters. The van der Waals surface area contributed by atoms with E-state index in [4.69, 9.17) is 0 Å². The van der Waals surface area contributed by atoms with Crippen molar-refractivity contribution in [2.45, 2.75) is 107 Å². The molecule has 0 bridgehead atoms. The van der Waals surface area contributed by atoms with Crippen molar-refractivity contribution in [2.75, 3.05) is 0 Å². The number of fused-ring (bicyclic) bond motifs is 8. The van der Waals surface area contributed by atoms with Crippen molar-refractivity contribution < 1.29 is 49.5 Å². The van der Waals surface area contributed by atoms with Crippen LogP contribution in [0.25, 0.3) is 5.57 Å². The Morgan fingerprint density at radius 1 is 0.638 bits per heavy atom. The molecule has 0 aliphatic heterocycles. The molecule has 0 radical (unpaired) electrons. The zero-order valence-electron chi connectivity index (χ0n) is 37.6. The Labute approximate surface area is 379 Å². The van der Waals surface area contributed by atoms with E-state index in [1.807, 2.05) is 0 Å². The van der Waals surface area contributed by atoms with E-state index in [1.54, 1.807) is 35.9 Å². The van der Waals surface area contributed by atoms with Crippen LogP contribution in [-0.4, -0.2) is 0 Å². The SMILES string of the molecule is CCC1C=C(C(C)(C)C)C=C1C1=C(C)C2(C)C(=CC1=C(c1ccc(C)cc1)c1ccc(C)cc1)[CH]([Zr+2])C1(C)C3(C)C=CC=CC3(C)C3(C)C=CC=CC3(C)C21C.[Cl-].[Cl-]. The molecular formula is C55H65Cl2Zr. The summed E-state index contributed by atoms with van der Waals surface area (Å²) in [5.74, 6) is 0.362. The second-order valence-electron chi connectivity index (χ2n) is 20.7. The van der Waals surface area contributed by atoms with Gasteiger partial charge in [-0.3, -0.25) is 0 Å². The van der Waals surface area contributed by atoms with Gasteiger partial charge in [0, 0.05) is 0 Å². The van der Waals surface area contributed by atoms with Crippen LogP contribution in [0.3, 0.4) is 0 Å². The maximum absolute atomic E-state index is 2.78. The minimum Gasteiger partial charge on any atom is -1.00 e. The third kappa shape index (κ3) is 5.21. The molecular weight excluding hydrogens is 823 g/mol. The van der Waals surface area contributed by atoms with Gasteiger partial charge in [-0.15, -0.1) is 0 Å². The molecule has 2 aromatic carbocycles. The molecule has 6 aliphatic carbocycles. The van der Waals surface area contributed by atoms with Crippen molar-refractivity contribution in [1.82, 2.24) is 0 Å². The first-order chi connectivity index (χ1) is 26.1. The van der Waals surface area contributed by atoms with Gasteiger partial charge in [-0.2, -0.15) is 0 Å². The molecule has 0 nitrogen and oxygen atoms in total. The van der Waals surface area contributed by atoms with E-state index in [1.165, 1.54) is 50.1 Å². The third-order valence-corrected chi connectivity index (χ3v) is 20.3. The van der Waals surface area contributed by atoms with Crippen LogP contribution in [0.2, 0.25) is 3.63 Å². The number of hydrogen-bond acceptors (Lipinski definition) is 0. The molecule has 9 atom stereocenters. The first kappa shape index (κ1) is 45.1. The van der Waals surface area contributed by atoms with Gasteiger partial charge >= 0.3 is 358 Å². The molecule has 6 aliphatic rings. The fourth-order valence-electron chi connectivity index (χ4n) is 13.8. The summed E-state index contributed by atoms with van der Waals surface area (Å²) in [5.41, 5.74) is 14.8. The Balaban J connectivity index is 0.00000283. The molecule has 0 spiro atoms. The monoisotopic (exact) mass is 885 g/mol. The summed E-state index contributed by atoms with van der Waals surface area (Å²) in [4.78, 5) is 0. The molecule has 2 saturated carbocycles. The zero-order chi connectivity index (χ0) is 40.6. The molecule has 0 heterocycles. The van der Waals surface area contributed by atoms with Crippen LogP contribution in [0.4, 0.5) is 0 Å². The van der Waals surface area contributed by atoms with Crippen LogP contribution in [0, 0.1) is 63.1 Å². The number of aryl methyl sites for hydroxylation is 2. The van der Waals surface area contributed by atoms with Crippen molar-refractivity contribution in [3.8, 4) is 0 Å². The predicted octanol–water partition coefficient (Wildman–Crippen LogP) is 8.97. The number of allylic oxidation sites excluding steroid dienone is 17. The van der Waals surface area contributed by atoms with E-state index in [0.29, 0.717) is 9.54 Å². The Bertz CT molecular complexity index is 2270. The molecule has 0 aromatic heterocycles. The number of rotatable bonds is 4. The quantitative estimate of drug-likeness (QED) is 0.288. The Kier molecular flexibility index (Phi) is 11.1. The van der Waals surface area contributed by atoms with E-state index in [-0.39, 0.29) is 68.1 Å². The number of hydrogen-bond donors (Lipinski definition) is 0. The van der Waals surface area contributed by atoms with E-state index in [2.05, 4.69) is 212 Å². The second kappa shape index (κ2) is 14.3. The minimum atomic E-state index is -0.213. The van der Waals surface area contributed by atoms with Crippen molar-refractivity contribution in [1.29, 1.82) is 0 Å². The summed E-state index contributed by atoms with van der Waals surface area (Å²) < 4.78 is 0.400. The van der Waals surface area contributed by atoms with Crippen molar-refractivity contribution in [2.24, 2.45) is 49.2 Å². The normalized spacial score (nSPS) is 38.1. The first-order valence-corrected chi connectivity index (χ1v) is 22.8. The van der Waals surface area contributed by atoms with Crippen molar-refractivity contribution in [3.05, 3.63) is 171 Å². The minimum absolute atomic E-state index is 0. The third-order valence-electron chi connectivity index (χ3n) is 18.1. The fourth-order valence-corrected chi connectivity index (χ4v) is 16.1. The molecule has 0 N–H and O–H groups in total. The standard InChI is InChI=1S/C55H65.2ClH.Zr/c1-15-39-32-42(48(5,6)7)33-44(39)46-38(4)54(13)43(34-45(46)47(40-24-20-36(2)21-25-40)41-26-22-37(3)23-27-41)35-53(12)51(10)30-17-16-28-49(51,8)50(9)29-18-19-31-52(50,11)55(53,54)14;;;/h16-35,39H,15H2,1-14H3;2*1H;/q;;;+2/p-2. The van der Waals surface area contributed by atoms with Gasteiger partial charge in [0.2, 0.25) is 0 Å². The van der Waals surface area contributed by atoms with Crippen LogP contribution in [0.15, 0.2) is 149 Å². The second-order valence-corrected chi connectivity index (χ2v) is 22.2. The topological polar surface area (TPSA) is 0 Å². The molecule has 3 heteroatoms. The van der Waals surface area contributed by atoms with E-state index < -0.39 is 0 Å². The van der Waals surface area contributed by atoms with E-state index in [9.17, 15) is 0 Å². The Hall–Kier alpha value is -2.44. The molecule has 8 rings (SSSR count). The summed E-state index contributed by atoms with van der Waals surface area (Å²) in [7, 11) is 0. The number of benzene rings is 2. The van der Waals surface area contributed by atoms with Gasteiger partial charge in [-0.1, -0.05) is 0 Å². The average molecular weight is 888 g/mol. The maximum Gasteiger partial charge on any atom is -1.00 e. The Morgan fingerprint density at radius 3 is 1.55 bits per heavy atom. The average Bonchev–Trinajstić information content (AvgIpc) is 3.65. The zero-order valence-corrected chi connectivity index (χ0v) is 41.6. The molecule has 0 amide bonds. The molecule has 2 aromatic rings. The molecule has 0 saturated heterocycles. The van der Waals surface area contributed by atoms with Crippen molar-refractivity contribution in [3.63, 3.8) is 0 Å². The predicted molar refractivity (Wildman–Crippen MR) is 236 cm³/mol. The fraction of sp³-hybridized carbons (Fsp3) is 0.455. The molecule has 58 heavy (non-hydrogen) atoms. The Morgan fingerprint density at radius 2 is 1.09 bits per heavy atom. The van der Waals surface area contributed by atoms with Gasteiger partial charge < -0.3 is 24.8 Å². The summed E-state index contributed by atoms with van der Waals surface area (Å²) in [5, 5.41) is 0. The summed E-state index contributed by atoms with van der Waals surface area (Å²) in [6.45, 7) is 35.2. The van der Waals surface area contributed by atoms with Crippen LogP contribution in [0.1, 0.15) is 112 Å². The van der Waals surface area contributed by atoms with Gasteiger partial charge in [0.1, 0.15) is 0 Å². The largest absolute Gasteiger partial charge is 1.00 e. The summed E-state index contributed by atoms with van der Waals surface area (Å²) >= 11 is 1.61. The van der Waals surface area contributed by atoms with Gasteiger partial charge in [0.25, 0.3) is 0 Å². The van der Waals surface area contributed by atoms with Crippen LogP contribution in [0.5, 0.6) is 0 Å².